The third kappa shape index (κ3) is 1.95. The van der Waals surface area contributed by atoms with Crippen molar-refractivity contribution in [3.05, 3.63) is 9.66 Å². The van der Waals surface area contributed by atoms with Gasteiger partial charge >= 0.3 is 0 Å². The summed E-state index contributed by atoms with van der Waals surface area (Å²) in [5.74, 6) is 0.234. The van der Waals surface area contributed by atoms with Gasteiger partial charge in [-0.2, -0.15) is 0 Å². The molecule has 0 aliphatic carbocycles. The minimum Gasteiger partial charge on any atom is -0.390 e. The summed E-state index contributed by atoms with van der Waals surface area (Å²) in [5.41, 5.74) is 0. The highest BCUT2D eigenvalue weighted by molar-refractivity contribution is 14.1. The first kappa shape index (κ1) is 9.48. The second kappa shape index (κ2) is 3.87. The Hall–Kier alpha value is 0.390. The molecule has 1 saturated heterocycles. The Labute approximate surface area is 80.8 Å². The van der Waals surface area contributed by atoms with Gasteiger partial charge in [-0.3, -0.25) is 0 Å². The first-order chi connectivity index (χ1) is 5.16. The van der Waals surface area contributed by atoms with Gasteiger partial charge in [0.15, 0.2) is 0 Å². The van der Waals surface area contributed by atoms with Gasteiger partial charge in [-0.1, -0.05) is 13.0 Å². The summed E-state index contributed by atoms with van der Waals surface area (Å²) in [4.78, 5) is 0. The molecule has 0 aromatic carbocycles. The van der Waals surface area contributed by atoms with Crippen LogP contribution in [0.15, 0.2) is 9.66 Å². The van der Waals surface area contributed by atoms with Crippen LogP contribution in [0.5, 0.6) is 0 Å². The molecule has 0 saturated carbocycles. The van der Waals surface area contributed by atoms with E-state index >= 15 is 0 Å². The summed E-state index contributed by atoms with van der Waals surface area (Å²) in [7, 11) is 0. The lowest BCUT2D eigenvalue weighted by Crippen LogP contribution is -2.20. The molecule has 0 aromatic heterocycles. The zero-order chi connectivity index (χ0) is 8.43. The predicted molar refractivity (Wildman–Crippen MR) is 52.7 cm³/mol. The van der Waals surface area contributed by atoms with Crippen molar-refractivity contribution in [2.24, 2.45) is 5.92 Å². The van der Waals surface area contributed by atoms with Crippen LogP contribution in [-0.4, -0.2) is 23.9 Å². The van der Waals surface area contributed by atoms with E-state index in [0.29, 0.717) is 6.61 Å². The van der Waals surface area contributed by atoms with Crippen LogP contribution in [0.2, 0.25) is 0 Å². The van der Waals surface area contributed by atoms with E-state index in [9.17, 15) is 5.11 Å². The Kier molecular flexibility index (Phi) is 3.33. The molecule has 0 radical (unpaired) electrons. The molecule has 64 valence electrons. The van der Waals surface area contributed by atoms with E-state index < -0.39 is 0 Å². The molecule has 0 aromatic rings. The van der Waals surface area contributed by atoms with Crippen molar-refractivity contribution in [2.75, 3.05) is 6.61 Å². The van der Waals surface area contributed by atoms with E-state index in [4.69, 9.17) is 4.74 Å². The molecule has 0 unspecified atom stereocenters. The van der Waals surface area contributed by atoms with Crippen LogP contribution in [0.1, 0.15) is 13.8 Å². The van der Waals surface area contributed by atoms with E-state index in [-0.39, 0.29) is 18.1 Å². The average molecular weight is 268 g/mol. The number of rotatable bonds is 1. The fraction of sp³-hybridized carbons (Fsp3) is 0.750. The summed E-state index contributed by atoms with van der Waals surface area (Å²) in [6.45, 7) is 4.49. The van der Waals surface area contributed by atoms with Gasteiger partial charge in [0.25, 0.3) is 0 Å². The topological polar surface area (TPSA) is 29.5 Å². The van der Waals surface area contributed by atoms with Crippen LogP contribution in [-0.2, 0) is 4.74 Å². The second-order valence-electron chi connectivity index (χ2n) is 2.85. The Morgan fingerprint density at radius 1 is 1.73 bits per heavy atom. The highest BCUT2D eigenvalue weighted by Gasteiger charge is 2.33. The normalized spacial score (nSPS) is 39.6. The van der Waals surface area contributed by atoms with Crippen molar-refractivity contribution in [3.8, 4) is 0 Å². The van der Waals surface area contributed by atoms with Crippen molar-refractivity contribution in [1.29, 1.82) is 0 Å². The van der Waals surface area contributed by atoms with Crippen molar-refractivity contribution >= 4 is 22.6 Å². The summed E-state index contributed by atoms with van der Waals surface area (Å²) in [5, 5.41) is 9.36. The molecule has 1 aliphatic rings. The van der Waals surface area contributed by atoms with E-state index in [2.05, 4.69) is 22.6 Å². The maximum atomic E-state index is 9.36. The standard InChI is InChI=1S/C8H13IO2/c1-3-6(9)8-5(2)7(10)4-11-8/h3,5,7-8,10H,4H2,1-2H3/b6-3+/t5-,7+,8-/m1/s1. The van der Waals surface area contributed by atoms with Gasteiger partial charge in [0, 0.05) is 9.50 Å². The van der Waals surface area contributed by atoms with E-state index in [1.165, 1.54) is 3.58 Å². The first-order valence-electron chi connectivity index (χ1n) is 3.78. The Bertz CT molecular complexity index is 167. The molecule has 1 fully saturated rings. The van der Waals surface area contributed by atoms with Crippen LogP contribution in [0.25, 0.3) is 0 Å². The Balaban J connectivity index is 2.62. The lowest BCUT2D eigenvalue weighted by molar-refractivity contribution is 0.107. The lowest BCUT2D eigenvalue weighted by Gasteiger charge is -2.14. The molecule has 0 bridgehead atoms. The Morgan fingerprint density at radius 2 is 2.36 bits per heavy atom. The minimum atomic E-state index is -0.287. The highest BCUT2D eigenvalue weighted by atomic mass is 127. The summed E-state index contributed by atoms with van der Waals surface area (Å²) >= 11 is 2.26. The molecular formula is C8H13IO2. The minimum absolute atomic E-state index is 0.121. The summed E-state index contributed by atoms with van der Waals surface area (Å²) in [6.07, 6.45) is 1.86. The third-order valence-electron chi connectivity index (χ3n) is 2.08. The number of allylic oxidation sites excluding steroid dienone is 1. The maximum Gasteiger partial charge on any atom is 0.0930 e. The lowest BCUT2D eigenvalue weighted by atomic mass is 10.0. The van der Waals surface area contributed by atoms with E-state index in [1.54, 1.807) is 0 Å². The number of ether oxygens (including phenoxy) is 1. The van der Waals surface area contributed by atoms with Crippen LogP contribution < -0.4 is 0 Å². The SMILES string of the molecule is C/C=C(/I)[C@@H]1OC[C@H](O)[C@H]1C. The quantitative estimate of drug-likeness (QED) is 0.734. The molecule has 1 aliphatic heterocycles. The molecule has 1 heterocycles. The number of aliphatic hydroxyl groups excluding tert-OH is 1. The van der Waals surface area contributed by atoms with Crippen LogP contribution in [0.3, 0.4) is 0 Å². The highest BCUT2D eigenvalue weighted by Crippen LogP contribution is 2.29. The first-order valence-corrected chi connectivity index (χ1v) is 4.86. The second-order valence-corrected chi connectivity index (χ2v) is 4.10. The summed E-state index contributed by atoms with van der Waals surface area (Å²) < 4.78 is 6.59. The van der Waals surface area contributed by atoms with E-state index in [0.717, 1.165) is 0 Å². The smallest absolute Gasteiger partial charge is 0.0930 e. The van der Waals surface area contributed by atoms with Gasteiger partial charge in [0.2, 0.25) is 0 Å². The molecule has 0 amide bonds. The molecular weight excluding hydrogens is 255 g/mol. The van der Waals surface area contributed by atoms with Crippen LogP contribution in [0, 0.1) is 5.92 Å². The predicted octanol–water partition coefficient (Wildman–Crippen LogP) is 1.72. The molecule has 0 spiro atoms. The van der Waals surface area contributed by atoms with Crippen molar-refractivity contribution in [1.82, 2.24) is 0 Å². The number of hydrogen-bond donors (Lipinski definition) is 1. The molecule has 3 heteroatoms. The zero-order valence-corrected chi connectivity index (χ0v) is 8.91. The van der Waals surface area contributed by atoms with Crippen molar-refractivity contribution in [2.45, 2.75) is 26.1 Å². The number of halogens is 1. The van der Waals surface area contributed by atoms with Gasteiger partial charge in [0.1, 0.15) is 0 Å². The molecule has 1 N–H and O–H groups in total. The van der Waals surface area contributed by atoms with Gasteiger partial charge in [-0.15, -0.1) is 0 Å². The molecule has 2 nitrogen and oxygen atoms in total. The van der Waals surface area contributed by atoms with Gasteiger partial charge in [-0.25, -0.2) is 0 Å². The van der Waals surface area contributed by atoms with Gasteiger partial charge in [0.05, 0.1) is 18.8 Å². The molecule has 1 rings (SSSR count). The Morgan fingerprint density at radius 3 is 2.73 bits per heavy atom. The third-order valence-corrected chi connectivity index (χ3v) is 3.32. The van der Waals surface area contributed by atoms with Crippen molar-refractivity contribution < 1.29 is 9.84 Å². The molecule has 11 heavy (non-hydrogen) atoms. The summed E-state index contributed by atoms with van der Waals surface area (Å²) in [6, 6.07) is 0. The average Bonchev–Trinajstić information content (AvgIpc) is 2.32. The molecule has 3 atom stereocenters. The van der Waals surface area contributed by atoms with Gasteiger partial charge < -0.3 is 9.84 Å². The van der Waals surface area contributed by atoms with Gasteiger partial charge in [-0.05, 0) is 29.5 Å². The fourth-order valence-corrected chi connectivity index (χ4v) is 1.95. The largest absolute Gasteiger partial charge is 0.390 e. The number of hydrogen-bond acceptors (Lipinski definition) is 2. The van der Waals surface area contributed by atoms with Crippen molar-refractivity contribution in [3.63, 3.8) is 0 Å². The van der Waals surface area contributed by atoms with Crippen LogP contribution >= 0.6 is 22.6 Å². The fourth-order valence-electron chi connectivity index (χ4n) is 1.20. The zero-order valence-electron chi connectivity index (χ0n) is 6.75. The maximum absolute atomic E-state index is 9.36. The monoisotopic (exact) mass is 268 g/mol. The van der Waals surface area contributed by atoms with Crippen LogP contribution in [0.4, 0.5) is 0 Å². The number of aliphatic hydroxyl groups is 1. The van der Waals surface area contributed by atoms with E-state index in [1.807, 2.05) is 19.9 Å².